The number of halogens is 1. The first-order chi connectivity index (χ1) is 10.1. The van der Waals surface area contributed by atoms with Gasteiger partial charge in [0.05, 0.1) is 5.69 Å². The van der Waals surface area contributed by atoms with Crippen molar-refractivity contribution >= 4 is 11.6 Å². The average Bonchev–Trinajstić information content (AvgIpc) is 2.49. The zero-order chi connectivity index (χ0) is 14.8. The smallest absolute Gasteiger partial charge is 0.255 e. The molecule has 0 aliphatic carbocycles. The standard InChI is InChI=1S/C16H14FNO3/c1-10-2-4-13(12(17)8-10)18-16(19)11-3-5-14-15(9-11)21-7-6-20-14/h2-5,8-9H,6-7H2,1H3,(H,18,19). The van der Waals surface area contributed by atoms with Crippen LogP contribution in [0, 0.1) is 12.7 Å². The van der Waals surface area contributed by atoms with Crippen LogP contribution in [0.1, 0.15) is 15.9 Å². The molecule has 0 fully saturated rings. The summed E-state index contributed by atoms with van der Waals surface area (Å²) in [4.78, 5) is 12.2. The number of rotatable bonds is 2. The molecular formula is C16H14FNO3. The minimum atomic E-state index is -0.458. The van der Waals surface area contributed by atoms with Gasteiger partial charge in [0.25, 0.3) is 5.91 Å². The van der Waals surface area contributed by atoms with Crippen LogP contribution in [0.5, 0.6) is 11.5 Å². The van der Waals surface area contributed by atoms with Gasteiger partial charge in [-0.3, -0.25) is 4.79 Å². The van der Waals surface area contributed by atoms with Gasteiger partial charge < -0.3 is 14.8 Å². The van der Waals surface area contributed by atoms with Gasteiger partial charge in [-0.15, -0.1) is 0 Å². The van der Waals surface area contributed by atoms with Gasteiger partial charge in [0.15, 0.2) is 11.5 Å². The Labute approximate surface area is 121 Å². The molecule has 1 amide bonds. The Bertz CT molecular complexity index is 700. The van der Waals surface area contributed by atoms with E-state index in [1.165, 1.54) is 6.07 Å². The summed E-state index contributed by atoms with van der Waals surface area (Å²) in [7, 11) is 0. The van der Waals surface area contributed by atoms with Crippen molar-refractivity contribution in [1.29, 1.82) is 0 Å². The summed E-state index contributed by atoms with van der Waals surface area (Å²) in [5.41, 5.74) is 1.34. The average molecular weight is 287 g/mol. The zero-order valence-corrected chi connectivity index (χ0v) is 11.5. The van der Waals surface area contributed by atoms with Gasteiger partial charge in [0.1, 0.15) is 19.0 Å². The summed E-state index contributed by atoms with van der Waals surface area (Å²) < 4.78 is 24.6. The Hall–Kier alpha value is -2.56. The van der Waals surface area contributed by atoms with Crippen molar-refractivity contribution in [3.63, 3.8) is 0 Å². The molecule has 0 atom stereocenters. The largest absolute Gasteiger partial charge is 0.486 e. The van der Waals surface area contributed by atoms with E-state index in [1.54, 1.807) is 37.3 Å². The van der Waals surface area contributed by atoms with E-state index in [1.807, 2.05) is 0 Å². The van der Waals surface area contributed by atoms with Crippen molar-refractivity contribution in [1.82, 2.24) is 0 Å². The van der Waals surface area contributed by atoms with Crippen LogP contribution < -0.4 is 14.8 Å². The lowest BCUT2D eigenvalue weighted by molar-refractivity contribution is 0.102. The molecule has 1 aliphatic heterocycles. The van der Waals surface area contributed by atoms with Crippen molar-refractivity contribution in [2.75, 3.05) is 18.5 Å². The molecule has 0 unspecified atom stereocenters. The van der Waals surface area contributed by atoms with Crippen molar-refractivity contribution < 1.29 is 18.7 Å². The molecule has 1 aliphatic rings. The fourth-order valence-corrected chi connectivity index (χ4v) is 2.10. The highest BCUT2D eigenvalue weighted by Gasteiger charge is 2.15. The Morgan fingerprint density at radius 2 is 1.86 bits per heavy atom. The highest BCUT2D eigenvalue weighted by molar-refractivity contribution is 6.04. The predicted octanol–water partition coefficient (Wildman–Crippen LogP) is 3.16. The van der Waals surface area contributed by atoms with Crippen molar-refractivity contribution in [3.8, 4) is 11.5 Å². The number of hydrogen-bond acceptors (Lipinski definition) is 3. The number of carbonyl (C=O) groups excluding carboxylic acids is 1. The van der Waals surface area contributed by atoms with Gasteiger partial charge in [-0.1, -0.05) is 6.07 Å². The summed E-state index contributed by atoms with van der Waals surface area (Å²) >= 11 is 0. The van der Waals surface area contributed by atoms with Crippen molar-refractivity contribution in [3.05, 3.63) is 53.3 Å². The number of benzene rings is 2. The van der Waals surface area contributed by atoms with Gasteiger partial charge in [-0.05, 0) is 42.8 Å². The fraction of sp³-hybridized carbons (Fsp3) is 0.188. The van der Waals surface area contributed by atoms with E-state index in [2.05, 4.69) is 5.32 Å². The Morgan fingerprint density at radius 1 is 1.10 bits per heavy atom. The normalized spacial score (nSPS) is 12.9. The summed E-state index contributed by atoms with van der Waals surface area (Å²) in [5, 5.41) is 2.55. The quantitative estimate of drug-likeness (QED) is 0.923. The number of amides is 1. The second-order valence-electron chi connectivity index (χ2n) is 4.80. The third-order valence-electron chi connectivity index (χ3n) is 3.18. The predicted molar refractivity (Wildman–Crippen MR) is 76.5 cm³/mol. The van der Waals surface area contributed by atoms with Crippen LogP contribution in [0.15, 0.2) is 36.4 Å². The third-order valence-corrected chi connectivity index (χ3v) is 3.18. The molecule has 0 spiro atoms. The number of ether oxygens (including phenoxy) is 2. The monoisotopic (exact) mass is 287 g/mol. The number of fused-ring (bicyclic) bond motifs is 1. The first-order valence-corrected chi connectivity index (χ1v) is 6.60. The van der Waals surface area contributed by atoms with Gasteiger partial charge in [0.2, 0.25) is 0 Å². The van der Waals surface area contributed by atoms with E-state index in [0.29, 0.717) is 30.3 Å². The molecule has 2 aromatic carbocycles. The van der Waals surface area contributed by atoms with Crippen molar-refractivity contribution in [2.45, 2.75) is 6.92 Å². The summed E-state index contributed by atoms with van der Waals surface area (Å²) in [6.45, 7) is 2.73. The van der Waals surface area contributed by atoms with Crippen LogP contribution in [0.4, 0.5) is 10.1 Å². The molecule has 5 heteroatoms. The second-order valence-corrected chi connectivity index (χ2v) is 4.80. The van der Waals surface area contributed by atoms with E-state index in [4.69, 9.17) is 9.47 Å². The lowest BCUT2D eigenvalue weighted by Gasteiger charge is -2.18. The molecule has 0 saturated carbocycles. The first kappa shape index (κ1) is 13.4. The molecule has 1 N–H and O–H groups in total. The molecule has 108 valence electrons. The first-order valence-electron chi connectivity index (χ1n) is 6.60. The highest BCUT2D eigenvalue weighted by atomic mass is 19.1. The van der Waals surface area contributed by atoms with E-state index in [9.17, 15) is 9.18 Å². The number of carbonyl (C=O) groups is 1. The van der Waals surface area contributed by atoms with Crippen LogP contribution >= 0.6 is 0 Å². The highest BCUT2D eigenvalue weighted by Crippen LogP contribution is 2.31. The third kappa shape index (κ3) is 2.81. The topological polar surface area (TPSA) is 47.6 Å². The number of nitrogens with one attached hydrogen (secondary N) is 1. The summed E-state index contributed by atoms with van der Waals surface area (Å²) in [5.74, 6) is 0.285. The Kier molecular flexibility index (Phi) is 3.48. The molecule has 0 aromatic heterocycles. The van der Waals surface area contributed by atoms with E-state index < -0.39 is 11.7 Å². The molecule has 0 bridgehead atoms. The maximum absolute atomic E-state index is 13.7. The Morgan fingerprint density at radius 3 is 2.62 bits per heavy atom. The van der Waals surface area contributed by atoms with E-state index in [-0.39, 0.29) is 5.69 Å². The van der Waals surface area contributed by atoms with Crippen molar-refractivity contribution in [2.24, 2.45) is 0 Å². The maximum Gasteiger partial charge on any atom is 0.255 e. The molecule has 0 radical (unpaired) electrons. The fourth-order valence-electron chi connectivity index (χ4n) is 2.10. The molecule has 2 aromatic rings. The summed E-state index contributed by atoms with van der Waals surface area (Å²) in [6, 6.07) is 9.54. The summed E-state index contributed by atoms with van der Waals surface area (Å²) in [6.07, 6.45) is 0. The number of anilines is 1. The molecule has 0 saturated heterocycles. The minimum absolute atomic E-state index is 0.153. The molecule has 1 heterocycles. The zero-order valence-electron chi connectivity index (χ0n) is 11.5. The second kappa shape index (κ2) is 5.44. The van der Waals surface area contributed by atoms with E-state index in [0.717, 1.165) is 5.56 Å². The van der Waals surface area contributed by atoms with E-state index >= 15 is 0 Å². The lowest BCUT2D eigenvalue weighted by atomic mass is 10.1. The minimum Gasteiger partial charge on any atom is -0.486 e. The number of aryl methyl sites for hydroxylation is 1. The molecular weight excluding hydrogens is 273 g/mol. The maximum atomic E-state index is 13.7. The number of hydrogen-bond donors (Lipinski definition) is 1. The van der Waals surface area contributed by atoms with Gasteiger partial charge in [-0.2, -0.15) is 0 Å². The molecule has 3 rings (SSSR count). The molecule has 21 heavy (non-hydrogen) atoms. The van der Waals surface area contributed by atoms with Crippen LogP contribution in [0.25, 0.3) is 0 Å². The Balaban J connectivity index is 1.82. The SMILES string of the molecule is Cc1ccc(NC(=O)c2ccc3c(c2)OCCO3)c(F)c1. The lowest BCUT2D eigenvalue weighted by Crippen LogP contribution is -2.17. The molecule has 4 nitrogen and oxygen atoms in total. The van der Waals surface area contributed by atoms with Crippen LogP contribution in [0.3, 0.4) is 0 Å². The van der Waals surface area contributed by atoms with Crippen LogP contribution in [-0.2, 0) is 0 Å². The van der Waals surface area contributed by atoms with Crippen LogP contribution in [0.2, 0.25) is 0 Å². The van der Waals surface area contributed by atoms with Crippen LogP contribution in [-0.4, -0.2) is 19.1 Å². The van der Waals surface area contributed by atoms with Gasteiger partial charge in [0, 0.05) is 5.56 Å². The van der Waals surface area contributed by atoms with Gasteiger partial charge in [-0.25, -0.2) is 4.39 Å². The van der Waals surface area contributed by atoms with Gasteiger partial charge >= 0.3 is 0 Å².